The van der Waals surface area contributed by atoms with Crippen molar-refractivity contribution in [3.05, 3.63) is 48.3 Å². The first-order valence-electron chi connectivity index (χ1n) is 5.61. The predicted molar refractivity (Wildman–Crippen MR) is 76.2 cm³/mol. The number of nitrogen functional groups attached to an aromatic ring is 1. The van der Waals surface area contributed by atoms with Crippen LogP contribution in [0.3, 0.4) is 0 Å². The number of nitrogens with two attached hydrogens (primary N) is 1. The summed E-state index contributed by atoms with van der Waals surface area (Å²) in [6.45, 7) is 0. The number of nitrogens with zero attached hydrogens (tertiary/aromatic N) is 2. The van der Waals surface area contributed by atoms with Crippen LogP contribution >= 0.6 is 11.3 Å². The molecule has 0 aliphatic carbocycles. The number of hydrogen-bond donors (Lipinski definition) is 2. The molecule has 0 aliphatic rings. The Morgan fingerprint density at radius 3 is 2.95 bits per heavy atom. The number of fused-ring (bicyclic) bond motifs is 1. The normalized spacial score (nSPS) is 10.5. The summed E-state index contributed by atoms with van der Waals surface area (Å²) in [5, 5.41) is 3.31. The second-order valence-corrected chi connectivity index (χ2v) is 4.97. The van der Waals surface area contributed by atoms with E-state index >= 15 is 0 Å². The second kappa shape index (κ2) is 4.66. The molecule has 0 radical (unpaired) electrons. The van der Waals surface area contributed by atoms with Crippen LogP contribution in [-0.4, -0.2) is 15.9 Å². The van der Waals surface area contributed by atoms with Crippen LogP contribution in [-0.2, 0) is 0 Å². The minimum absolute atomic E-state index is 0.238. The predicted octanol–water partition coefficient (Wildman–Crippen LogP) is 2.53. The molecule has 0 saturated heterocycles. The minimum atomic E-state index is -0.238. The van der Waals surface area contributed by atoms with Gasteiger partial charge in [-0.25, -0.2) is 4.98 Å². The number of amides is 1. The van der Waals surface area contributed by atoms with E-state index in [9.17, 15) is 4.79 Å². The third-order valence-corrected chi connectivity index (χ3v) is 3.41. The van der Waals surface area contributed by atoms with Crippen molar-refractivity contribution < 1.29 is 4.79 Å². The first kappa shape index (κ1) is 11.6. The molecule has 6 heteroatoms. The lowest BCUT2D eigenvalue weighted by Crippen LogP contribution is -2.13. The minimum Gasteiger partial charge on any atom is -0.375 e. The highest BCUT2D eigenvalue weighted by Crippen LogP contribution is 2.26. The monoisotopic (exact) mass is 270 g/mol. The zero-order chi connectivity index (χ0) is 13.2. The highest BCUT2D eigenvalue weighted by molar-refractivity contribution is 7.22. The Balaban J connectivity index is 1.87. The Hall–Kier alpha value is -2.47. The van der Waals surface area contributed by atoms with Crippen LogP contribution < -0.4 is 11.1 Å². The van der Waals surface area contributed by atoms with Crippen LogP contribution in [0.1, 0.15) is 10.5 Å². The molecule has 3 aromatic rings. The van der Waals surface area contributed by atoms with Crippen LogP contribution in [0.4, 0.5) is 10.8 Å². The largest absolute Gasteiger partial charge is 0.375 e. The van der Waals surface area contributed by atoms with Gasteiger partial charge in [-0.2, -0.15) is 0 Å². The zero-order valence-electron chi connectivity index (χ0n) is 9.83. The molecule has 1 amide bonds. The number of pyridine rings is 1. The second-order valence-electron chi connectivity index (χ2n) is 3.90. The van der Waals surface area contributed by atoms with Crippen LogP contribution in [0.25, 0.3) is 10.2 Å². The van der Waals surface area contributed by atoms with Crippen molar-refractivity contribution >= 4 is 38.3 Å². The third kappa shape index (κ3) is 2.38. The van der Waals surface area contributed by atoms with E-state index in [0.29, 0.717) is 16.5 Å². The lowest BCUT2D eigenvalue weighted by molar-refractivity contribution is 0.102. The van der Waals surface area contributed by atoms with E-state index in [2.05, 4.69) is 15.3 Å². The molecule has 2 aromatic heterocycles. The molecule has 0 unspecified atom stereocenters. The van der Waals surface area contributed by atoms with Crippen molar-refractivity contribution in [3.8, 4) is 0 Å². The van der Waals surface area contributed by atoms with E-state index in [4.69, 9.17) is 5.73 Å². The maximum absolute atomic E-state index is 11.9. The molecule has 3 rings (SSSR count). The van der Waals surface area contributed by atoms with E-state index in [0.717, 1.165) is 10.2 Å². The maximum Gasteiger partial charge on any atom is 0.274 e. The molecule has 0 saturated carbocycles. The number of benzene rings is 1. The van der Waals surface area contributed by atoms with Gasteiger partial charge >= 0.3 is 0 Å². The first-order chi connectivity index (χ1) is 9.22. The topological polar surface area (TPSA) is 80.9 Å². The Bertz CT molecular complexity index is 739. The van der Waals surface area contributed by atoms with Crippen molar-refractivity contribution in [2.24, 2.45) is 0 Å². The van der Waals surface area contributed by atoms with Crippen molar-refractivity contribution in [2.45, 2.75) is 0 Å². The number of nitrogens with one attached hydrogen (secondary N) is 1. The summed E-state index contributed by atoms with van der Waals surface area (Å²) in [6, 6.07) is 10.7. The van der Waals surface area contributed by atoms with Gasteiger partial charge in [0, 0.05) is 11.9 Å². The Labute approximate surface area is 113 Å². The number of carbonyl (C=O) groups is 1. The lowest BCUT2D eigenvalue weighted by Gasteiger charge is -2.04. The number of thiazole rings is 1. The van der Waals surface area contributed by atoms with E-state index in [-0.39, 0.29) is 5.91 Å². The quantitative estimate of drug-likeness (QED) is 0.749. The van der Waals surface area contributed by atoms with Crippen molar-refractivity contribution in [3.63, 3.8) is 0 Å². The van der Waals surface area contributed by atoms with Gasteiger partial charge in [0.15, 0.2) is 5.13 Å². The molecule has 19 heavy (non-hydrogen) atoms. The SMILES string of the molecule is Nc1nc2ccc(NC(=O)c3ccccn3)cc2s1. The van der Waals surface area contributed by atoms with Crippen LogP contribution in [0.5, 0.6) is 0 Å². The van der Waals surface area contributed by atoms with Crippen LogP contribution in [0.15, 0.2) is 42.6 Å². The van der Waals surface area contributed by atoms with Gasteiger partial charge in [-0.3, -0.25) is 9.78 Å². The number of rotatable bonds is 2. The standard InChI is InChI=1S/C13H10N4OS/c14-13-17-9-5-4-8(7-11(9)19-13)16-12(18)10-3-1-2-6-15-10/h1-7H,(H2,14,17)(H,16,18). The number of hydrogen-bond acceptors (Lipinski definition) is 5. The Morgan fingerprint density at radius 1 is 1.26 bits per heavy atom. The van der Waals surface area contributed by atoms with E-state index in [1.807, 2.05) is 12.1 Å². The molecule has 1 aromatic carbocycles. The van der Waals surface area contributed by atoms with E-state index in [1.165, 1.54) is 11.3 Å². The zero-order valence-corrected chi connectivity index (χ0v) is 10.6. The summed E-state index contributed by atoms with van der Waals surface area (Å²) < 4.78 is 0.941. The van der Waals surface area contributed by atoms with Crippen LogP contribution in [0, 0.1) is 0 Å². The van der Waals surface area contributed by atoms with Crippen molar-refractivity contribution in [1.29, 1.82) is 0 Å². The molecular formula is C13H10N4OS. The van der Waals surface area contributed by atoms with Gasteiger partial charge in [-0.1, -0.05) is 17.4 Å². The molecule has 3 N–H and O–H groups in total. The summed E-state index contributed by atoms with van der Waals surface area (Å²) >= 11 is 1.39. The van der Waals surface area contributed by atoms with Gasteiger partial charge in [0.05, 0.1) is 10.2 Å². The molecule has 5 nitrogen and oxygen atoms in total. The third-order valence-electron chi connectivity index (χ3n) is 2.56. The fraction of sp³-hybridized carbons (Fsp3) is 0. The molecular weight excluding hydrogens is 260 g/mol. The molecule has 0 fully saturated rings. The Morgan fingerprint density at radius 2 is 2.16 bits per heavy atom. The summed E-state index contributed by atoms with van der Waals surface area (Å²) in [6.07, 6.45) is 1.59. The van der Waals surface area contributed by atoms with Gasteiger partial charge < -0.3 is 11.1 Å². The maximum atomic E-state index is 11.9. The van der Waals surface area contributed by atoms with Crippen molar-refractivity contribution in [2.75, 3.05) is 11.1 Å². The first-order valence-corrected chi connectivity index (χ1v) is 6.42. The molecule has 94 valence electrons. The highest BCUT2D eigenvalue weighted by Gasteiger charge is 2.08. The van der Waals surface area contributed by atoms with Gasteiger partial charge in [-0.05, 0) is 30.3 Å². The summed E-state index contributed by atoms with van der Waals surface area (Å²) in [5.41, 5.74) is 7.56. The lowest BCUT2D eigenvalue weighted by atomic mass is 10.2. The van der Waals surface area contributed by atoms with Gasteiger partial charge in [0.2, 0.25) is 0 Å². The average Bonchev–Trinajstić information content (AvgIpc) is 2.79. The molecule has 0 spiro atoms. The Kier molecular flexibility index (Phi) is 2.85. The number of aromatic nitrogens is 2. The van der Waals surface area contributed by atoms with Gasteiger partial charge in [0.1, 0.15) is 5.69 Å². The summed E-state index contributed by atoms with van der Waals surface area (Å²) in [5.74, 6) is -0.238. The fourth-order valence-electron chi connectivity index (χ4n) is 1.71. The molecule has 0 atom stereocenters. The molecule has 0 aliphatic heterocycles. The molecule has 2 heterocycles. The summed E-state index contributed by atoms with van der Waals surface area (Å²) in [7, 11) is 0. The smallest absolute Gasteiger partial charge is 0.274 e. The van der Waals surface area contributed by atoms with E-state index in [1.54, 1.807) is 30.5 Å². The van der Waals surface area contributed by atoms with Gasteiger partial charge in [0.25, 0.3) is 5.91 Å². The fourth-order valence-corrected chi connectivity index (χ4v) is 2.49. The highest BCUT2D eigenvalue weighted by atomic mass is 32.1. The van der Waals surface area contributed by atoms with Crippen LogP contribution in [0.2, 0.25) is 0 Å². The van der Waals surface area contributed by atoms with Gasteiger partial charge in [-0.15, -0.1) is 0 Å². The molecule has 0 bridgehead atoms. The number of carbonyl (C=O) groups excluding carboxylic acids is 1. The average molecular weight is 270 g/mol. The van der Waals surface area contributed by atoms with Crippen molar-refractivity contribution in [1.82, 2.24) is 9.97 Å². The number of anilines is 2. The summed E-state index contributed by atoms with van der Waals surface area (Å²) in [4.78, 5) is 20.1. The van der Waals surface area contributed by atoms with E-state index < -0.39 is 0 Å².